The Balaban J connectivity index is 1.74. The normalized spacial score (nSPS) is 10.0. The van der Waals surface area contributed by atoms with Gasteiger partial charge in [-0.1, -0.05) is 40.2 Å². The number of rotatable bonds is 6. The van der Waals surface area contributed by atoms with Crippen LogP contribution >= 0.6 is 15.9 Å². The molecule has 0 spiro atoms. The number of nitrogens with one attached hydrogen (secondary N) is 1. The Bertz CT molecular complexity index is 702. The molecule has 2 aromatic rings. The van der Waals surface area contributed by atoms with Crippen molar-refractivity contribution in [3.8, 4) is 5.75 Å². The van der Waals surface area contributed by atoms with Crippen LogP contribution in [0.25, 0.3) is 0 Å². The SMILES string of the molecule is Cc1ccccc1NC(=O)COC(=O)COc1cccc(Br)c1. The van der Waals surface area contributed by atoms with Crippen LogP contribution in [0.4, 0.5) is 5.69 Å². The molecule has 0 saturated heterocycles. The first-order valence-electron chi connectivity index (χ1n) is 6.94. The Hall–Kier alpha value is -2.34. The van der Waals surface area contributed by atoms with Crippen molar-refractivity contribution in [3.05, 3.63) is 58.6 Å². The molecule has 0 aromatic heterocycles. The van der Waals surface area contributed by atoms with Gasteiger partial charge < -0.3 is 14.8 Å². The monoisotopic (exact) mass is 377 g/mol. The molecular weight excluding hydrogens is 362 g/mol. The van der Waals surface area contributed by atoms with Crippen molar-refractivity contribution in [2.24, 2.45) is 0 Å². The molecular formula is C17H16BrNO4. The number of benzene rings is 2. The fourth-order valence-corrected chi connectivity index (χ4v) is 2.16. The van der Waals surface area contributed by atoms with E-state index < -0.39 is 11.9 Å². The molecule has 0 heterocycles. The Kier molecular flexibility index (Phi) is 6.17. The Labute approximate surface area is 142 Å². The van der Waals surface area contributed by atoms with Gasteiger partial charge in [0.25, 0.3) is 5.91 Å². The highest BCUT2D eigenvalue weighted by atomic mass is 79.9. The van der Waals surface area contributed by atoms with Gasteiger partial charge in [-0.2, -0.15) is 0 Å². The van der Waals surface area contributed by atoms with E-state index in [0.717, 1.165) is 10.0 Å². The number of esters is 1. The summed E-state index contributed by atoms with van der Waals surface area (Å²) in [5.74, 6) is -0.458. The molecule has 0 aliphatic rings. The summed E-state index contributed by atoms with van der Waals surface area (Å²) in [6.45, 7) is 1.27. The van der Waals surface area contributed by atoms with E-state index in [1.54, 1.807) is 24.3 Å². The lowest BCUT2D eigenvalue weighted by Crippen LogP contribution is -2.23. The number of aryl methyl sites for hydroxylation is 1. The second-order valence-electron chi connectivity index (χ2n) is 4.77. The van der Waals surface area contributed by atoms with Gasteiger partial charge in [0.15, 0.2) is 13.2 Å². The predicted octanol–water partition coefficient (Wildman–Crippen LogP) is 3.32. The lowest BCUT2D eigenvalue weighted by Gasteiger charge is -2.09. The van der Waals surface area contributed by atoms with Crippen LogP contribution in [0, 0.1) is 6.92 Å². The van der Waals surface area contributed by atoms with Gasteiger partial charge in [-0.25, -0.2) is 4.79 Å². The van der Waals surface area contributed by atoms with Crippen molar-refractivity contribution in [3.63, 3.8) is 0 Å². The highest BCUT2D eigenvalue weighted by Gasteiger charge is 2.09. The van der Waals surface area contributed by atoms with Crippen molar-refractivity contribution in [2.45, 2.75) is 6.92 Å². The van der Waals surface area contributed by atoms with E-state index in [9.17, 15) is 9.59 Å². The molecule has 1 N–H and O–H groups in total. The van der Waals surface area contributed by atoms with Gasteiger partial charge in [0.1, 0.15) is 5.75 Å². The average molecular weight is 378 g/mol. The molecule has 2 aromatic carbocycles. The number of hydrogen-bond acceptors (Lipinski definition) is 4. The number of carbonyl (C=O) groups excluding carboxylic acids is 2. The number of carbonyl (C=O) groups is 2. The molecule has 0 atom stereocenters. The molecule has 0 fully saturated rings. The number of para-hydroxylation sites is 1. The summed E-state index contributed by atoms with van der Waals surface area (Å²) in [5, 5.41) is 2.68. The Morgan fingerprint density at radius 2 is 1.87 bits per heavy atom. The minimum Gasteiger partial charge on any atom is -0.482 e. The number of anilines is 1. The van der Waals surface area contributed by atoms with Crippen LogP contribution in [0.3, 0.4) is 0 Å². The summed E-state index contributed by atoms with van der Waals surface area (Å²) in [5.41, 5.74) is 1.63. The topological polar surface area (TPSA) is 64.6 Å². The van der Waals surface area contributed by atoms with E-state index in [4.69, 9.17) is 9.47 Å². The van der Waals surface area contributed by atoms with Gasteiger partial charge in [-0.15, -0.1) is 0 Å². The van der Waals surface area contributed by atoms with E-state index >= 15 is 0 Å². The zero-order valence-corrected chi connectivity index (χ0v) is 14.1. The van der Waals surface area contributed by atoms with Crippen LogP contribution in [0.15, 0.2) is 53.0 Å². The van der Waals surface area contributed by atoms with Gasteiger partial charge in [0.05, 0.1) is 0 Å². The summed E-state index contributed by atoms with van der Waals surface area (Å²) in [6, 6.07) is 14.5. The zero-order chi connectivity index (χ0) is 16.7. The lowest BCUT2D eigenvalue weighted by atomic mass is 10.2. The van der Waals surface area contributed by atoms with Crippen LogP contribution in [-0.4, -0.2) is 25.1 Å². The highest BCUT2D eigenvalue weighted by Crippen LogP contribution is 2.17. The predicted molar refractivity (Wildman–Crippen MR) is 90.4 cm³/mol. The Morgan fingerprint density at radius 3 is 2.61 bits per heavy atom. The van der Waals surface area contributed by atoms with Crippen LogP contribution < -0.4 is 10.1 Å². The minimum atomic E-state index is -0.607. The van der Waals surface area contributed by atoms with Gasteiger partial charge in [0.2, 0.25) is 0 Å². The molecule has 0 unspecified atom stereocenters. The average Bonchev–Trinajstić information content (AvgIpc) is 2.53. The minimum absolute atomic E-state index is 0.256. The van der Waals surface area contributed by atoms with Crippen LogP contribution in [0.2, 0.25) is 0 Å². The summed E-state index contributed by atoms with van der Waals surface area (Å²) in [4.78, 5) is 23.3. The number of halogens is 1. The third-order valence-corrected chi connectivity index (χ3v) is 3.43. The zero-order valence-electron chi connectivity index (χ0n) is 12.5. The van der Waals surface area contributed by atoms with Gasteiger partial charge in [0, 0.05) is 10.2 Å². The molecule has 6 heteroatoms. The molecule has 0 saturated carbocycles. The van der Waals surface area contributed by atoms with Crippen molar-refractivity contribution < 1.29 is 19.1 Å². The molecule has 0 radical (unpaired) electrons. The van der Waals surface area contributed by atoms with E-state index in [1.165, 1.54) is 0 Å². The summed E-state index contributed by atoms with van der Waals surface area (Å²) in [6.07, 6.45) is 0. The quantitative estimate of drug-likeness (QED) is 0.784. The van der Waals surface area contributed by atoms with Gasteiger partial charge in [-0.05, 0) is 36.8 Å². The second kappa shape index (κ2) is 8.33. The van der Waals surface area contributed by atoms with E-state index in [1.807, 2.05) is 31.2 Å². The maximum absolute atomic E-state index is 11.8. The third kappa shape index (κ3) is 5.75. The standard InChI is InChI=1S/C17H16BrNO4/c1-12-5-2-3-8-15(12)19-16(20)10-23-17(21)11-22-14-7-4-6-13(18)9-14/h2-9H,10-11H2,1H3,(H,19,20). The fourth-order valence-electron chi connectivity index (χ4n) is 1.79. The number of amides is 1. The second-order valence-corrected chi connectivity index (χ2v) is 5.69. The number of ether oxygens (including phenoxy) is 2. The summed E-state index contributed by atoms with van der Waals surface area (Å²) >= 11 is 3.31. The molecule has 0 aliphatic carbocycles. The van der Waals surface area contributed by atoms with Crippen LogP contribution in [0.1, 0.15) is 5.56 Å². The smallest absolute Gasteiger partial charge is 0.344 e. The first-order chi connectivity index (χ1) is 11.0. The summed E-state index contributed by atoms with van der Waals surface area (Å²) in [7, 11) is 0. The van der Waals surface area contributed by atoms with Crippen molar-refractivity contribution in [1.29, 1.82) is 0 Å². The molecule has 0 bridgehead atoms. The summed E-state index contributed by atoms with van der Waals surface area (Å²) < 4.78 is 11.0. The lowest BCUT2D eigenvalue weighted by molar-refractivity contribution is -0.149. The molecule has 1 amide bonds. The first-order valence-corrected chi connectivity index (χ1v) is 7.73. The maximum Gasteiger partial charge on any atom is 0.344 e. The molecule has 0 aliphatic heterocycles. The number of hydrogen-bond donors (Lipinski definition) is 1. The Morgan fingerprint density at radius 1 is 1.09 bits per heavy atom. The largest absolute Gasteiger partial charge is 0.482 e. The third-order valence-electron chi connectivity index (χ3n) is 2.94. The van der Waals surface area contributed by atoms with E-state index in [-0.39, 0.29) is 13.2 Å². The maximum atomic E-state index is 11.8. The van der Waals surface area contributed by atoms with Crippen molar-refractivity contribution in [1.82, 2.24) is 0 Å². The molecule has 120 valence electrons. The van der Waals surface area contributed by atoms with Gasteiger partial charge >= 0.3 is 5.97 Å². The van der Waals surface area contributed by atoms with Crippen LogP contribution in [0.5, 0.6) is 5.75 Å². The van der Waals surface area contributed by atoms with E-state index in [0.29, 0.717) is 11.4 Å². The van der Waals surface area contributed by atoms with Crippen molar-refractivity contribution >= 4 is 33.5 Å². The van der Waals surface area contributed by atoms with Crippen molar-refractivity contribution in [2.75, 3.05) is 18.5 Å². The van der Waals surface area contributed by atoms with Crippen LogP contribution in [-0.2, 0) is 14.3 Å². The highest BCUT2D eigenvalue weighted by molar-refractivity contribution is 9.10. The molecule has 23 heavy (non-hydrogen) atoms. The van der Waals surface area contributed by atoms with E-state index in [2.05, 4.69) is 21.2 Å². The first kappa shape index (κ1) is 17.0. The molecule has 5 nitrogen and oxygen atoms in total. The van der Waals surface area contributed by atoms with Gasteiger partial charge in [-0.3, -0.25) is 4.79 Å². The molecule has 2 rings (SSSR count). The fraction of sp³-hybridized carbons (Fsp3) is 0.176.